The maximum Gasteiger partial charge on any atom is 0.187 e. The van der Waals surface area contributed by atoms with Crippen LogP contribution in [-0.2, 0) is 0 Å². The Morgan fingerprint density at radius 2 is 2.06 bits per heavy atom. The van der Waals surface area contributed by atoms with E-state index in [4.69, 9.17) is 23.1 Å². The van der Waals surface area contributed by atoms with Crippen LogP contribution in [0.3, 0.4) is 0 Å². The van der Waals surface area contributed by atoms with Crippen LogP contribution in [-0.4, -0.2) is 49.7 Å². The first-order valence-electron chi connectivity index (χ1n) is 5.67. The Morgan fingerprint density at radius 3 is 2.65 bits per heavy atom. The van der Waals surface area contributed by atoms with Crippen LogP contribution in [0.1, 0.15) is 10.9 Å². The fourth-order valence-corrected chi connectivity index (χ4v) is 3.18. The minimum Gasteiger partial charge on any atom is -0.345 e. The van der Waals surface area contributed by atoms with Crippen LogP contribution in [0.25, 0.3) is 0 Å². The highest BCUT2D eigenvalue weighted by atomic mass is 35.5. The summed E-state index contributed by atoms with van der Waals surface area (Å²) in [5, 5.41) is 1.46. The molecule has 2 rings (SSSR count). The molecule has 17 heavy (non-hydrogen) atoms. The number of aromatic nitrogens is 1. The zero-order valence-corrected chi connectivity index (χ0v) is 11.5. The van der Waals surface area contributed by atoms with Crippen molar-refractivity contribution >= 4 is 28.1 Å². The summed E-state index contributed by atoms with van der Waals surface area (Å²) in [7, 11) is 2.13. The van der Waals surface area contributed by atoms with Crippen molar-refractivity contribution < 1.29 is 0 Å². The van der Waals surface area contributed by atoms with Crippen LogP contribution in [0.5, 0.6) is 0 Å². The number of halogens is 1. The van der Waals surface area contributed by atoms with E-state index in [0.717, 1.165) is 36.2 Å². The van der Waals surface area contributed by atoms with Gasteiger partial charge in [-0.3, -0.25) is 0 Å². The van der Waals surface area contributed by atoms with E-state index in [0.29, 0.717) is 11.7 Å². The topological polar surface area (TPSA) is 71.4 Å². The lowest BCUT2D eigenvalue weighted by molar-refractivity contribution is 0.313. The number of likely N-dealkylation sites (N-methyl/N-ethyl adjacent to an activating group) is 1. The Morgan fingerprint density at radius 1 is 1.41 bits per heavy atom. The predicted molar refractivity (Wildman–Crippen MR) is 72.8 cm³/mol. The summed E-state index contributed by atoms with van der Waals surface area (Å²) in [6.07, 6.45) is 0. The second-order valence-corrected chi connectivity index (χ2v) is 5.65. The molecule has 1 atom stereocenters. The monoisotopic (exact) mass is 275 g/mol. The first kappa shape index (κ1) is 13.0. The van der Waals surface area contributed by atoms with Crippen molar-refractivity contribution in [3.63, 3.8) is 0 Å². The largest absolute Gasteiger partial charge is 0.345 e. The van der Waals surface area contributed by atoms with Gasteiger partial charge >= 0.3 is 0 Å². The minimum absolute atomic E-state index is 0.207. The molecule has 1 aromatic rings. The van der Waals surface area contributed by atoms with E-state index < -0.39 is 0 Å². The van der Waals surface area contributed by atoms with Crippen molar-refractivity contribution in [2.24, 2.45) is 11.5 Å². The van der Waals surface area contributed by atoms with E-state index in [-0.39, 0.29) is 6.04 Å². The van der Waals surface area contributed by atoms with Gasteiger partial charge in [0.25, 0.3) is 0 Å². The summed E-state index contributed by atoms with van der Waals surface area (Å²) in [6, 6.07) is -0.207. The van der Waals surface area contributed by atoms with Gasteiger partial charge < -0.3 is 21.3 Å². The quantitative estimate of drug-likeness (QED) is 0.841. The van der Waals surface area contributed by atoms with E-state index in [1.54, 1.807) is 11.3 Å². The molecule has 0 bridgehead atoms. The van der Waals surface area contributed by atoms with Crippen LogP contribution >= 0.6 is 22.9 Å². The molecule has 1 aromatic heterocycles. The molecule has 0 spiro atoms. The molecule has 1 aliphatic heterocycles. The smallest absolute Gasteiger partial charge is 0.187 e. The molecule has 0 saturated carbocycles. The number of hydrogen-bond acceptors (Lipinski definition) is 6. The fourth-order valence-electron chi connectivity index (χ4n) is 1.77. The molecule has 96 valence electrons. The van der Waals surface area contributed by atoms with Crippen molar-refractivity contribution in [1.29, 1.82) is 0 Å². The van der Waals surface area contributed by atoms with E-state index in [9.17, 15) is 0 Å². The average Bonchev–Trinajstić information content (AvgIpc) is 2.71. The van der Waals surface area contributed by atoms with Crippen molar-refractivity contribution in [1.82, 2.24) is 9.88 Å². The molecule has 1 saturated heterocycles. The molecule has 1 aliphatic rings. The molecule has 1 unspecified atom stereocenters. The number of thiazole rings is 1. The van der Waals surface area contributed by atoms with Crippen LogP contribution in [0.2, 0.25) is 5.15 Å². The third kappa shape index (κ3) is 2.89. The molecule has 2 heterocycles. The lowest BCUT2D eigenvalue weighted by Crippen LogP contribution is -2.44. The fraction of sp³-hybridized carbons (Fsp3) is 0.700. The van der Waals surface area contributed by atoms with E-state index >= 15 is 0 Å². The standard InChI is InChI=1S/C10H18ClN5S/c1-15-2-4-16(5-3-15)10-14-9(11)8(17-10)7(13)6-12/h7H,2-6,12-13H2,1H3. The van der Waals surface area contributed by atoms with Gasteiger partial charge in [0.1, 0.15) is 5.15 Å². The Hall–Kier alpha value is -0.400. The third-order valence-corrected chi connectivity index (χ3v) is 4.61. The van der Waals surface area contributed by atoms with Crippen molar-refractivity contribution in [2.75, 3.05) is 44.7 Å². The van der Waals surface area contributed by atoms with Gasteiger partial charge in [-0.15, -0.1) is 0 Å². The van der Waals surface area contributed by atoms with Crippen LogP contribution < -0.4 is 16.4 Å². The Kier molecular flexibility index (Phi) is 4.22. The van der Waals surface area contributed by atoms with Gasteiger partial charge in [-0.2, -0.15) is 0 Å². The highest BCUT2D eigenvalue weighted by Crippen LogP contribution is 2.33. The molecule has 7 heteroatoms. The zero-order valence-electron chi connectivity index (χ0n) is 9.90. The Bertz CT molecular complexity index is 375. The number of hydrogen-bond donors (Lipinski definition) is 2. The summed E-state index contributed by atoms with van der Waals surface area (Å²) < 4.78 is 0. The van der Waals surface area contributed by atoms with Crippen LogP contribution in [0, 0.1) is 0 Å². The van der Waals surface area contributed by atoms with Crippen molar-refractivity contribution in [3.05, 3.63) is 10.0 Å². The van der Waals surface area contributed by atoms with E-state index in [1.165, 1.54) is 0 Å². The Balaban J connectivity index is 2.11. The molecule has 0 aliphatic carbocycles. The molecule has 5 nitrogen and oxygen atoms in total. The number of nitrogens with two attached hydrogens (primary N) is 2. The van der Waals surface area contributed by atoms with Gasteiger partial charge in [0, 0.05) is 32.7 Å². The number of piperazine rings is 1. The summed E-state index contributed by atoms with van der Waals surface area (Å²) in [5.74, 6) is 0. The molecule has 0 amide bonds. The van der Waals surface area contributed by atoms with Gasteiger partial charge in [0.2, 0.25) is 0 Å². The molecular weight excluding hydrogens is 258 g/mol. The van der Waals surface area contributed by atoms with Gasteiger partial charge in [-0.05, 0) is 7.05 Å². The van der Waals surface area contributed by atoms with Gasteiger partial charge in [0.05, 0.1) is 10.9 Å². The second-order valence-electron chi connectivity index (χ2n) is 4.28. The molecule has 0 radical (unpaired) electrons. The first-order valence-corrected chi connectivity index (χ1v) is 6.86. The summed E-state index contributed by atoms with van der Waals surface area (Å²) in [4.78, 5) is 9.83. The number of rotatable bonds is 3. The second kappa shape index (κ2) is 5.49. The minimum atomic E-state index is -0.207. The number of nitrogens with zero attached hydrogens (tertiary/aromatic N) is 3. The van der Waals surface area contributed by atoms with Crippen molar-refractivity contribution in [3.8, 4) is 0 Å². The van der Waals surface area contributed by atoms with Gasteiger partial charge in [0.15, 0.2) is 5.13 Å². The SMILES string of the molecule is CN1CCN(c2nc(Cl)c(C(N)CN)s2)CC1. The predicted octanol–water partition coefficient (Wildman–Crippen LogP) is 0.507. The van der Waals surface area contributed by atoms with E-state index in [1.807, 2.05) is 0 Å². The highest BCUT2D eigenvalue weighted by molar-refractivity contribution is 7.16. The summed E-state index contributed by atoms with van der Waals surface area (Å²) in [6.45, 7) is 4.46. The molecular formula is C10H18ClN5S. The maximum atomic E-state index is 6.09. The van der Waals surface area contributed by atoms with Gasteiger partial charge in [-0.25, -0.2) is 4.98 Å². The molecule has 4 N–H and O–H groups in total. The van der Waals surface area contributed by atoms with Crippen molar-refractivity contribution in [2.45, 2.75) is 6.04 Å². The number of anilines is 1. The molecule has 1 fully saturated rings. The maximum absolute atomic E-state index is 6.09. The lowest BCUT2D eigenvalue weighted by atomic mass is 10.3. The summed E-state index contributed by atoms with van der Waals surface area (Å²) >= 11 is 7.65. The normalized spacial score (nSPS) is 19.6. The average molecular weight is 276 g/mol. The zero-order chi connectivity index (χ0) is 12.4. The molecule has 0 aromatic carbocycles. The highest BCUT2D eigenvalue weighted by Gasteiger charge is 2.21. The lowest BCUT2D eigenvalue weighted by Gasteiger charge is -2.32. The van der Waals surface area contributed by atoms with Crippen LogP contribution in [0.4, 0.5) is 5.13 Å². The Labute approximate surface area is 110 Å². The third-order valence-electron chi connectivity index (χ3n) is 2.96. The van der Waals surface area contributed by atoms with Gasteiger partial charge in [-0.1, -0.05) is 22.9 Å². The summed E-state index contributed by atoms with van der Waals surface area (Å²) in [5.41, 5.74) is 11.4. The first-order chi connectivity index (χ1) is 8.11. The van der Waals surface area contributed by atoms with E-state index in [2.05, 4.69) is 21.8 Å². The van der Waals surface area contributed by atoms with Crippen LogP contribution in [0.15, 0.2) is 0 Å².